The van der Waals surface area contributed by atoms with Crippen LogP contribution in [0.4, 0.5) is 39.5 Å². The van der Waals surface area contributed by atoms with E-state index in [4.69, 9.17) is 19.3 Å². The van der Waals surface area contributed by atoms with Crippen LogP contribution in [0.15, 0.2) is 0 Å². The van der Waals surface area contributed by atoms with Crippen LogP contribution in [0, 0.1) is 47.3 Å². The summed E-state index contributed by atoms with van der Waals surface area (Å²) >= 11 is 0. The number of carboxylic acids is 1. The molecule has 3 N–H and O–H groups in total. The average molecular weight is 899 g/mol. The highest BCUT2D eigenvalue weighted by molar-refractivity contribution is 5.77. The molecule has 1 aliphatic heterocycles. The summed E-state index contributed by atoms with van der Waals surface area (Å²) in [6.07, 6.45) is -20.0. The van der Waals surface area contributed by atoms with Gasteiger partial charge in [-0.05, 0) is 58.3 Å². The van der Waals surface area contributed by atoms with Crippen LogP contribution in [0.2, 0.25) is 0 Å². The van der Waals surface area contributed by atoms with Gasteiger partial charge in [-0.25, -0.2) is 0 Å². The molecule has 0 amide bonds. The van der Waals surface area contributed by atoms with E-state index in [1.807, 2.05) is 20.8 Å². The summed E-state index contributed by atoms with van der Waals surface area (Å²) in [5.41, 5.74) is -9.02. The van der Waals surface area contributed by atoms with Crippen molar-refractivity contribution in [3.05, 3.63) is 0 Å². The molecule has 0 aromatic carbocycles. The van der Waals surface area contributed by atoms with E-state index in [-0.39, 0.29) is 99.8 Å². The minimum absolute atomic E-state index is 0. The number of halogens is 9. The number of esters is 3. The topological polar surface area (TPSA) is 157 Å². The maximum Gasteiger partial charge on any atom is 0.426 e. The third-order valence-electron chi connectivity index (χ3n) is 11.5. The molecule has 12 unspecified atom stereocenters. The van der Waals surface area contributed by atoms with E-state index < -0.39 is 84.8 Å². The first-order valence-corrected chi connectivity index (χ1v) is 18.0. The number of aliphatic hydroxyl groups is 2. The zero-order valence-corrected chi connectivity index (χ0v) is 31.1. The maximum absolute atomic E-state index is 13.3. The first-order valence-electron chi connectivity index (χ1n) is 18.0. The summed E-state index contributed by atoms with van der Waals surface area (Å²) in [5, 5.41) is 27.7. The average Bonchev–Trinajstić information content (AvgIpc) is 3.71. The Morgan fingerprint density at radius 2 is 1.08 bits per heavy atom. The molecule has 4 rings (SSSR count). The number of fused-ring (bicyclic) bond motifs is 1. The van der Waals surface area contributed by atoms with E-state index in [0.29, 0.717) is 11.8 Å². The molecular formula is C41H75F9O10. The van der Waals surface area contributed by atoms with Gasteiger partial charge in [-0.1, -0.05) is 86.1 Å². The number of carbonyl (C=O) groups is 4. The Bertz CT molecular complexity index is 1300. The van der Waals surface area contributed by atoms with Crippen LogP contribution >= 0.6 is 0 Å². The first kappa shape index (κ1) is 66.3. The van der Waals surface area contributed by atoms with Crippen molar-refractivity contribution >= 4 is 23.9 Å². The molecule has 1 saturated heterocycles. The van der Waals surface area contributed by atoms with E-state index in [9.17, 15) is 68.9 Å². The molecule has 0 radical (unpaired) electrons. The number of hydrogen-bond donors (Lipinski definition) is 3. The fraction of sp³-hybridized carbons (Fsp3) is 0.902. The highest BCUT2D eigenvalue weighted by Crippen LogP contribution is 2.56. The highest BCUT2D eigenvalue weighted by atomic mass is 19.4. The summed E-state index contributed by atoms with van der Waals surface area (Å²) < 4.78 is 135. The van der Waals surface area contributed by atoms with Crippen LogP contribution in [0.25, 0.3) is 0 Å². The third kappa shape index (κ3) is 14.4. The lowest BCUT2D eigenvalue weighted by atomic mass is 9.66. The fourth-order valence-corrected chi connectivity index (χ4v) is 7.12. The summed E-state index contributed by atoms with van der Waals surface area (Å²) in [5.74, 6) is -7.30. The molecule has 4 fully saturated rings. The van der Waals surface area contributed by atoms with Crippen molar-refractivity contribution in [1.29, 1.82) is 0 Å². The predicted octanol–water partition coefficient (Wildman–Crippen LogP) is 11.0. The second-order valence-electron chi connectivity index (χ2n) is 15.1. The van der Waals surface area contributed by atoms with E-state index >= 15 is 0 Å². The normalized spacial score (nSPS) is 27.6. The molecule has 60 heavy (non-hydrogen) atoms. The van der Waals surface area contributed by atoms with Gasteiger partial charge in [0.2, 0.25) is 0 Å². The molecule has 362 valence electrons. The van der Waals surface area contributed by atoms with Gasteiger partial charge in [0, 0.05) is 23.7 Å². The number of hydrogen-bond acceptors (Lipinski definition) is 9. The van der Waals surface area contributed by atoms with Crippen molar-refractivity contribution in [2.45, 2.75) is 192 Å². The molecule has 4 aliphatic rings. The van der Waals surface area contributed by atoms with E-state index in [2.05, 4.69) is 0 Å². The van der Waals surface area contributed by atoms with Crippen LogP contribution in [0.5, 0.6) is 0 Å². The van der Waals surface area contributed by atoms with Crippen LogP contribution < -0.4 is 0 Å². The molecule has 0 spiro atoms. The van der Waals surface area contributed by atoms with Gasteiger partial charge in [-0.15, -0.1) is 0 Å². The van der Waals surface area contributed by atoms with Crippen molar-refractivity contribution in [2.24, 2.45) is 47.3 Å². The monoisotopic (exact) mass is 899 g/mol. The van der Waals surface area contributed by atoms with Gasteiger partial charge < -0.3 is 29.5 Å². The number of aliphatic carboxylic acids is 1. The summed E-state index contributed by atoms with van der Waals surface area (Å²) in [7, 11) is 0. The molecular weight excluding hydrogens is 823 g/mol. The lowest BCUT2D eigenvalue weighted by Gasteiger charge is -2.47. The Labute approximate surface area is 351 Å². The van der Waals surface area contributed by atoms with Crippen LogP contribution in [0.3, 0.4) is 0 Å². The van der Waals surface area contributed by atoms with Crippen molar-refractivity contribution in [2.75, 3.05) is 0 Å². The number of rotatable bonds is 10. The molecule has 3 saturated carbocycles. The largest absolute Gasteiger partial charge is 0.481 e. The van der Waals surface area contributed by atoms with Crippen molar-refractivity contribution < 1.29 is 88.2 Å². The predicted molar refractivity (Wildman–Crippen MR) is 210 cm³/mol. The third-order valence-corrected chi connectivity index (χ3v) is 11.5. The van der Waals surface area contributed by atoms with Gasteiger partial charge >= 0.3 is 42.4 Å². The second-order valence-corrected chi connectivity index (χ2v) is 15.1. The summed E-state index contributed by atoms with van der Waals surface area (Å²) in [6, 6.07) is 0. The Morgan fingerprint density at radius 1 is 0.667 bits per heavy atom. The fourth-order valence-electron chi connectivity index (χ4n) is 7.12. The molecule has 12 atom stereocenters. The van der Waals surface area contributed by atoms with Crippen molar-refractivity contribution in [3.63, 3.8) is 0 Å². The minimum atomic E-state index is -6.27. The highest BCUT2D eigenvalue weighted by Gasteiger charge is 2.75. The van der Waals surface area contributed by atoms with Crippen molar-refractivity contribution in [3.8, 4) is 0 Å². The summed E-state index contributed by atoms with van der Waals surface area (Å²) in [6.45, 7) is 10.5. The quantitative estimate of drug-likeness (QED) is 0.110. The smallest absolute Gasteiger partial charge is 0.426 e. The molecule has 3 aliphatic carbocycles. The Kier molecular flexibility index (Phi) is 27.3. The molecule has 0 aromatic rings. The summed E-state index contributed by atoms with van der Waals surface area (Å²) in [4.78, 5) is 45.2. The van der Waals surface area contributed by atoms with Crippen LogP contribution in [-0.4, -0.2) is 87.2 Å². The molecule has 19 heteroatoms. The lowest BCUT2D eigenvalue weighted by Crippen LogP contribution is -2.64. The SMILES string of the molecule is C.C.C.C.C.C.CCC(C)C(=O)O.CCC(C)C(=O)OC1C2CC3C(=O)OC1C3C2.CCC(C)C(=O)OC1CC(C(C)(O)C(F)(F)F)CC(C(O)(C(F)(F)F)C(F)(F)F)C1. The maximum atomic E-state index is 13.3. The van der Waals surface area contributed by atoms with Gasteiger partial charge in [0.1, 0.15) is 18.3 Å². The van der Waals surface area contributed by atoms with Gasteiger partial charge in [-0.2, -0.15) is 39.5 Å². The Hall–Kier alpha value is -2.83. The van der Waals surface area contributed by atoms with Gasteiger partial charge in [0.15, 0.2) is 5.60 Å². The molecule has 0 aromatic heterocycles. The van der Waals surface area contributed by atoms with E-state index in [1.165, 1.54) is 6.92 Å². The van der Waals surface area contributed by atoms with Gasteiger partial charge in [0.05, 0.1) is 23.7 Å². The number of ether oxygens (including phenoxy) is 3. The zero-order chi connectivity index (χ0) is 41.9. The van der Waals surface area contributed by atoms with Crippen molar-refractivity contribution in [1.82, 2.24) is 0 Å². The Morgan fingerprint density at radius 3 is 1.45 bits per heavy atom. The standard InChI is InChI=1S/C17H23F9O4.C13H18O4.C5H10O2.6CH4/c1-4-8(2)12(27)30-11-6-9(13(3,28)15(18,19)20)5-10(7-11)14(29,16(21,22)23)17(24,25)26;1-3-6(2)12(14)16-10-7-4-8-9(5-7)13(15)17-11(8)10;1-3-4(2)5(6)7;;;;;;/h8-11,28-29H,4-7H2,1-3H3;6-11H,3-5H2,1-2H3;4H,3H2,1-2H3,(H,6,7);6*1H4. The van der Waals surface area contributed by atoms with Gasteiger partial charge in [0.25, 0.3) is 5.60 Å². The zero-order valence-electron chi connectivity index (χ0n) is 31.1. The second kappa shape index (κ2) is 24.7. The lowest BCUT2D eigenvalue weighted by molar-refractivity contribution is -0.391. The van der Waals surface area contributed by atoms with Gasteiger partial charge in [-0.3, -0.25) is 19.2 Å². The number of carboxylic acid groups (broad SMARTS) is 1. The Balaban J connectivity index is -0.000000285. The first-order chi connectivity index (χ1) is 24.5. The number of carbonyl (C=O) groups excluding carboxylic acids is 3. The molecule has 2 bridgehead atoms. The molecule has 10 nitrogen and oxygen atoms in total. The van der Waals surface area contributed by atoms with Crippen LogP contribution in [-0.2, 0) is 33.4 Å². The van der Waals surface area contributed by atoms with Crippen LogP contribution in [0.1, 0.15) is 144 Å². The van der Waals surface area contributed by atoms with E-state index in [0.717, 1.165) is 25.7 Å². The molecule has 1 heterocycles. The number of alkyl halides is 9. The minimum Gasteiger partial charge on any atom is -0.481 e. The van der Waals surface area contributed by atoms with E-state index in [1.54, 1.807) is 13.8 Å².